The van der Waals surface area contributed by atoms with Crippen LogP contribution in [0, 0.1) is 0 Å². The van der Waals surface area contributed by atoms with Gasteiger partial charge in [0.2, 0.25) is 0 Å². The largest absolute Gasteiger partial charge is 0.469 e. The summed E-state index contributed by atoms with van der Waals surface area (Å²) in [5.74, 6) is -0.745. The molecule has 1 aromatic carbocycles. The van der Waals surface area contributed by atoms with Crippen LogP contribution in [0.15, 0.2) is 48.8 Å². The van der Waals surface area contributed by atoms with E-state index in [9.17, 15) is 14.5 Å². The van der Waals surface area contributed by atoms with Gasteiger partial charge in [0.05, 0.1) is 41.7 Å². The van der Waals surface area contributed by atoms with Crippen LogP contribution in [0.3, 0.4) is 0 Å². The van der Waals surface area contributed by atoms with Crippen LogP contribution in [-0.4, -0.2) is 108 Å². The van der Waals surface area contributed by atoms with E-state index < -0.39 is 32.5 Å². The predicted octanol–water partition coefficient (Wildman–Crippen LogP) is 0.609. The molecule has 0 aliphatic rings. The van der Waals surface area contributed by atoms with Gasteiger partial charge in [-0.1, -0.05) is 30.3 Å². The molecular weight excluding hydrogens is 445 g/mol. The van der Waals surface area contributed by atoms with Gasteiger partial charge < -0.3 is 25.9 Å². The molecule has 2 heterocycles. The van der Waals surface area contributed by atoms with Gasteiger partial charge in [-0.3, -0.25) is 9.32 Å². The molecule has 2 atom stereocenters. The Kier molecular flexibility index (Phi) is 10.9. The molecule has 2 radical (unpaired) electrons. The molecule has 6 N–H and O–H groups in total. The number of aliphatic hydroxyl groups excluding tert-OH is 1. The second kappa shape index (κ2) is 11.9. The second-order valence-electron chi connectivity index (χ2n) is 6.50. The Morgan fingerprint density at radius 2 is 1.90 bits per heavy atom. The average molecular weight is 466 g/mol. The molecule has 0 bridgehead atoms. The van der Waals surface area contributed by atoms with Crippen LogP contribution in [0.2, 0.25) is 0 Å². The molecule has 13 heteroatoms. The van der Waals surface area contributed by atoms with Gasteiger partial charge in [0.1, 0.15) is 0 Å². The summed E-state index contributed by atoms with van der Waals surface area (Å²) >= 11 is 0. The fraction of sp³-hybridized carbons (Fsp3) is 0.222. The first-order valence-electron chi connectivity index (χ1n) is 8.67. The second-order valence-corrected chi connectivity index (χ2v) is 7.74. The Balaban J connectivity index is 0.00000240. The molecule has 0 saturated heterocycles. The molecule has 0 unspecified atom stereocenters. The molecule has 0 saturated carbocycles. The monoisotopic (exact) mass is 466 g/mol. The number of carbonyl (C=O) groups is 1. The van der Waals surface area contributed by atoms with Crippen LogP contribution in [0.4, 0.5) is 5.69 Å². The van der Waals surface area contributed by atoms with Crippen molar-refractivity contribution in [3.63, 3.8) is 0 Å². The minimum atomic E-state index is -4.74. The van der Waals surface area contributed by atoms with Crippen molar-refractivity contribution in [2.45, 2.75) is 19.1 Å². The minimum Gasteiger partial charge on any atom is -0.391 e. The maximum atomic E-state index is 11.9. The number of nitrogens with zero attached hydrogens (tertiary/aromatic N) is 2. The van der Waals surface area contributed by atoms with Gasteiger partial charge in [0.25, 0.3) is 5.91 Å². The molecule has 0 aliphatic carbocycles. The number of aliphatic hydroxyl groups is 1. The van der Waals surface area contributed by atoms with E-state index in [1.54, 1.807) is 16.8 Å². The third-order valence-corrected chi connectivity index (χ3v) is 4.83. The van der Waals surface area contributed by atoms with Gasteiger partial charge in [-0.2, -0.15) is 5.10 Å². The molecule has 2 aromatic heterocycles. The number of nitrogens with one attached hydrogen (secondary N) is 1. The summed E-state index contributed by atoms with van der Waals surface area (Å²) in [4.78, 5) is 29.8. The SMILES string of the molecule is C[C@@H](O)[C@@H](COP(=O)(O)O)Nc1c(C(N)=O)cnn2cc(-c3ccccc3)cc12.[Na].[Na]. The van der Waals surface area contributed by atoms with Crippen LogP contribution in [0.5, 0.6) is 0 Å². The van der Waals surface area contributed by atoms with E-state index in [-0.39, 0.29) is 70.4 Å². The standard InChI is InChI=1S/C18H21N4O6P.2Na/c1-11(23)15(10-28-29(25,26)27)21-17-14(18(19)24)8-20-22-9-13(7-16(17)22)12-5-3-2-4-6-12;;/h2-9,11,15,21,23H,10H2,1H3,(H2,19,24)(H2,25,26,27);;/t11-,15-;;/m1../s1. The van der Waals surface area contributed by atoms with Crippen molar-refractivity contribution < 1.29 is 28.8 Å². The molecule has 3 aromatic rings. The maximum Gasteiger partial charge on any atom is 0.469 e. The van der Waals surface area contributed by atoms with Crippen molar-refractivity contribution in [3.8, 4) is 11.1 Å². The Bertz CT molecular complexity index is 1070. The Labute approximate surface area is 223 Å². The first-order valence-corrected chi connectivity index (χ1v) is 10.2. The zero-order valence-corrected chi connectivity index (χ0v) is 22.4. The molecule has 0 fully saturated rings. The maximum absolute atomic E-state index is 11.9. The Hall–Kier alpha value is -0.750. The minimum absolute atomic E-state index is 0. The number of hydrogen-bond acceptors (Lipinski definition) is 6. The fourth-order valence-electron chi connectivity index (χ4n) is 2.85. The first kappa shape index (κ1) is 28.3. The molecule has 1 amide bonds. The molecule has 3 rings (SSSR count). The number of rotatable bonds is 8. The van der Waals surface area contributed by atoms with Crippen molar-refractivity contribution in [2.24, 2.45) is 5.73 Å². The van der Waals surface area contributed by atoms with Crippen LogP contribution >= 0.6 is 7.82 Å². The zero-order valence-electron chi connectivity index (χ0n) is 17.5. The van der Waals surface area contributed by atoms with Gasteiger partial charge in [-0.05, 0) is 18.6 Å². The van der Waals surface area contributed by atoms with E-state index in [0.29, 0.717) is 5.52 Å². The van der Waals surface area contributed by atoms with E-state index in [2.05, 4.69) is 14.9 Å². The summed E-state index contributed by atoms with van der Waals surface area (Å²) in [6.07, 6.45) is 2.00. The normalized spacial score (nSPS) is 13.0. The number of amides is 1. The van der Waals surface area contributed by atoms with Crippen molar-refractivity contribution >= 4 is 84.0 Å². The molecule has 0 aliphatic heterocycles. The smallest absolute Gasteiger partial charge is 0.391 e. The van der Waals surface area contributed by atoms with Crippen molar-refractivity contribution in [1.82, 2.24) is 9.61 Å². The number of primary amides is 1. The molecule has 0 spiro atoms. The van der Waals surface area contributed by atoms with Crippen molar-refractivity contribution in [1.29, 1.82) is 0 Å². The third-order valence-electron chi connectivity index (χ3n) is 4.34. The Morgan fingerprint density at radius 3 is 2.45 bits per heavy atom. The number of hydrogen-bond donors (Lipinski definition) is 5. The summed E-state index contributed by atoms with van der Waals surface area (Å²) in [5.41, 5.74) is 8.08. The number of benzene rings is 1. The number of nitrogens with two attached hydrogens (primary N) is 1. The quantitative estimate of drug-likeness (QED) is 0.239. The van der Waals surface area contributed by atoms with E-state index in [1.165, 1.54) is 13.1 Å². The summed E-state index contributed by atoms with van der Waals surface area (Å²) in [6, 6.07) is 10.4. The van der Waals surface area contributed by atoms with Gasteiger partial charge in [0.15, 0.2) is 0 Å². The van der Waals surface area contributed by atoms with Crippen molar-refractivity contribution in [2.75, 3.05) is 11.9 Å². The molecule has 10 nitrogen and oxygen atoms in total. The molecular formula is C18H21N4Na2O6P. The number of carbonyl (C=O) groups excluding carboxylic acids is 1. The van der Waals surface area contributed by atoms with E-state index in [1.807, 2.05) is 30.3 Å². The Morgan fingerprint density at radius 1 is 1.26 bits per heavy atom. The van der Waals surface area contributed by atoms with Crippen molar-refractivity contribution in [3.05, 3.63) is 54.4 Å². The number of aromatic nitrogens is 2. The van der Waals surface area contributed by atoms with Crippen LogP contribution in [0.1, 0.15) is 17.3 Å². The van der Waals surface area contributed by atoms with Crippen LogP contribution in [0.25, 0.3) is 16.6 Å². The van der Waals surface area contributed by atoms with Crippen LogP contribution < -0.4 is 11.1 Å². The molecule has 31 heavy (non-hydrogen) atoms. The van der Waals surface area contributed by atoms with Gasteiger partial charge in [-0.25, -0.2) is 9.08 Å². The van der Waals surface area contributed by atoms with E-state index in [4.69, 9.17) is 15.5 Å². The summed E-state index contributed by atoms with van der Waals surface area (Å²) in [6.45, 7) is 0.928. The van der Waals surface area contributed by atoms with Gasteiger partial charge in [-0.15, -0.1) is 0 Å². The van der Waals surface area contributed by atoms with Gasteiger partial charge >= 0.3 is 7.82 Å². The zero-order chi connectivity index (χ0) is 21.2. The summed E-state index contributed by atoms with van der Waals surface area (Å²) in [5, 5.41) is 17.2. The number of phosphoric acid groups is 1. The van der Waals surface area contributed by atoms with E-state index in [0.717, 1.165) is 11.1 Å². The molecule has 156 valence electrons. The van der Waals surface area contributed by atoms with E-state index >= 15 is 0 Å². The number of fused-ring (bicyclic) bond motifs is 1. The summed E-state index contributed by atoms with van der Waals surface area (Å²) in [7, 11) is -4.74. The van der Waals surface area contributed by atoms with Gasteiger partial charge in [0, 0.05) is 70.9 Å². The topological polar surface area (TPSA) is 159 Å². The van der Waals surface area contributed by atoms with Crippen LogP contribution in [-0.2, 0) is 9.09 Å². The summed E-state index contributed by atoms with van der Waals surface area (Å²) < 4.78 is 17.1. The predicted molar refractivity (Wildman–Crippen MR) is 118 cm³/mol. The number of anilines is 1. The fourth-order valence-corrected chi connectivity index (χ4v) is 3.20. The number of phosphoric ester groups is 1. The average Bonchev–Trinajstić information content (AvgIpc) is 3.09. The third kappa shape index (κ3) is 7.38. The first-order chi connectivity index (χ1) is 13.7.